The van der Waals surface area contributed by atoms with Crippen molar-refractivity contribution in [1.82, 2.24) is 0 Å². The van der Waals surface area contributed by atoms with Crippen LogP contribution >= 0.6 is 0 Å². The monoisotopic (exact) mass is 234 g/mol. The lowest BCUT2D eigenvalue weighted by Crippen LogP contribution is -2.15. The van der Waals surface area contributed by atoms with Gasteiger partial charge in [0.15, 0.2) is 5.78 Å². The van der Waals surface area contributed by atoms with E-state index >= 15 is 0 Å². The average molecular weight is 234 g/mol. The van der Waals surface area contributed by atoms with E-state index < -0.39 is 0 Å². The van der Waals surface area contributed by atoms with Gasteiger partial charge in [0.05, 0.1) is 0 Å². The van der Waals surface area contributed by atoms with Crippen LogP contribution in [-0.2, 0) is 4.79 Å². The predicted molar refractivity (Wildman–Crippen MR) is 74.0 cm³/mol. The summed E-state index contributed by atoms with van der Waals surface area (Å²) >= 11 is 0. The zero-order valence-electron chi connectivity index (χ0n) is 11.4. The van der Waals surface area contributed by atoms with Gasteiger partial charge >= 0.3 is 0 Å². The molecule has 0 aliphatic heterocycles. The Kier molecular flexibility index (Phi) is 6.91. The van der Waals surface area contributed by atoms with Gasteiger partial charge in [-0.1, -0.05) is 38.5 Å². The van der Waals surface area contributed by atoms with Crippen LogP contribution in [0.5, 0.6) is 0 Å². The first kappa shape index (κ1) is 14.2. The number of ketones is 1. The molecule has 1 nitrogen and oxygen atoms in total. The Bertz CT molecular complexity index is 286. The normalized spacial score (nSPS) is 20.9. The molecule has 17 heavy (non-hydrogen) atoms. The minimum absolute atomic E-state index is 0.411. The number of allylic oxidation sites excluding steroid dienone is 4. The zero-order valence-corrected chi connectivity index (χ0v) is 11.4. The van der Waals surface area contributed by atoms with E-state index in [-0.39, 0.29) is 0 Å². The van der Waals surface area contributed by atoms with Crippen molar-refractivity contribution in [2.24, 2.45) is 5.92 Å². The molecule has 0 spiro atoms. The Morgan fingerprint density at radius 3 is 2.82 bits per heavy atom. The van der Waals surface area contributed by atoms with Gasteiger partial charge in [0.25, 0.3) is 0 Å². The van der Waals surface area contributed by atoms with Gasteiger partial charge in [0.2, 0.25) is 0 Å². The van der Waals surface area contributed by atoms with Crippen LogP contribution in [0.3, 0.4) is 0 Å². The summed E-state index contributed by atoms with van der Waals surface area (Å²) < 4.78 is 0. The highest BCUT2D eigenvalue weighted by molar-refractivity contribution is 5.96. The molecule has 0 N–H and O–H groups in total. The van der Waals surface area contributed by atoms with Gasteiger partial charge in [-0.2, -0.15) is 0 Å². The predicted octanol–water partition coefficient (Wildman–Crippen LogP) is 4.83. The molecule has 1 heteroatoms. The van der Waals surface area contributed by atoms with Crippen LogP contribution in [0.25, 0.3) is 0 Å². The first-order valence-corrected chi connectivity index (χ1v) is 7.15. The Morgan fingerprint density at radius 1 is 1.35 bits per heavy atom. The lowest BCUT2D eigenvalue weighted by molar-refractivity contribution is -0.117. The van der Waals surface area contributed by atoms with Gasteiger partial charge in [0.1, 0.15) is 0 Å². The number of carbonyl (C=O) groups excluding carboxylic acids is 1. The minimum atomic E-state index is 0.411. The summed E-state index contributed by atoms with van der Waals surface area (Å²) in [5, 5.41) is 0. The number of unbranched alkanes of at least 4 members (excludes halogenated alkanes) is 1. The fourth-order valence-electron chi connectivity index (χ4n) is 2.34. The Hall–Kier alpha value is -0.850. The first-order valence-electron chi connectivity index (χ1n) is 7.15. The summed E-state index contributed by atoms with van der Waals surface area (Å²) in [5.41, 5.74) is 1.10. The molecule has 0 amide bonds. The number of hydrogen-bond donors (Lipinski definition) is 0. The molecule has 0 aromatic carbocycles. The molecule has 0 saturated heterocycles. The van der Waals surface area contributed by atoms with Crippen molar-refractivity contribution in [1.29, 1.82) is 0 Å². The minimum Gasteiger partial charge on any atom is -0.295 e. The second-order valence-corrected chi connectivity index (χ2v) is 5.02. The lowest BCUT2D eigenvalue weighted by Gasteiger charge is -2.20. The van der Waals surface area contributed by atoms with Gasteiger partial charge in [-0.15, -0.1) is 0 Å². The molecule has 96 valence electrons. The van der Waals surface area contributed by atoms with Gasteiger partial charge in [-0.05, 0) is 50.0 Å². The molecule has 1 rings (SSSR count). The summed E-state index contributed by atoms with van der Waals surface area (Å²) in [7, 11) is 0. The van der Waals surface area contributed by atoms with Crippen LogP contribution in [0.15, 0.2) is 23.8 Å². The van der Waals surface area contributed by atoms with Crippen molar-refractivity contribution < 1.29 is 4.79 Å². The molecule has 1 aliphatic rings. The van der Waals surface area contributed by atoms with Crippen molar-refractivity contribution >= 4 is 5.78 Å². The number of carbonyl (C=O) groups is 1. The average Bonchev–Trinajstić information content (AvgIpc) is 2.34. The highest BCUT2D eigenvalue weighted by Crippen LogP contribution is 2.27. The van der Waals surface area contributed by atoms with E-state index in [2.05, 4.69) is 32.1 Å². The van der Waals surface area contributed by atoms with Gasteiger partial charge in [0, 0.05) is 6.42 Å². The Balaban J connectivity index is 2.32. The van der Waals surface area contributed by atoms with E-state index in [1.807, 2.05) is 0 Å². The highest BCUT2D eigenvalue weighted by atomic mass is 16.1. The van der Waals surface area contributed by atoms with Gasteiger partial charge in [-0.3, -0.25) is 4.79 Å². The maximum absolute atomic E-state index is 11.9. The van der Waals surface area contributed by atoms with Crippen molar-refractivity contribution in [2.75, 3.05) is 0 Å². The summed E-state index contributed by atoms with van der Waals surface area (Å²) in [6, 6.07) is 0. The Morgan fingerprint density at radius 2 is 2.18 bits per heavy atom. The summed E-state index contributed by atoms with van der Waals surface area (Å²) in [4.78, 5) is 11.9. The molecule has 1 atom stereocenters. The third-order valence-corrected chi connectivity index (χ3v) is 3.47. The van der Waals surface area contributed by atoms with E-state index in [0.717, 1.165) is 44.1 Å². The topological polar surface area (TPSA) is 17.1 Å². The molecule has 0 heterocycles. The van der Waals surface area contributed by atoms with Crippen LogP contribution < -0.4 is 0 Å². The quantitative estimate of drug-likeness (QED) is 0.577. The standard InChI is InChI=1S/C16H26O/c1-3-5-7-8-9-14-11-12-15(10-6-4-2)16(17)13-14/h5,7,12,14H,3-4,6,8-11,13H2,1-2H3/b7-5-/t14-/m1/s1. The van der Waals surface area contributed by atoms with Crippen molar-refractivity contribution in [3.05, 3.63) is 23.8 Å². The van der Waals surface area contributed by atoms with Gasteiger partial charge in [-0.25, -0.2) is 0 Å². The smallest absolute Gasteiger partial charge is 0.158 e. The Labute approximate surface area is 106 Å². The fraction of sp³-hybridized carbons (Fsp3) is 0.688. The lowest BCUT2D eigenvalue weighted by atomic mass is 9.84. The SMILES string of the molecule is CC/C=C\CC[C@@H]1CC=C(CCCC)C(=O)C1. The molecule has 0 bridgehead atoms. The number of hydrogen-bond acceptors (Lipinski definition) is 1. The molecule has 0 fully saturated rings. The number of Topliss-reactive ketones (excluding diaryl/α,β-unsaturated/α-hetero) is 1. The molecule has 0 unspecified atom stereocenters. The fourth-order valence-corrected chi connectivity index (χ4v) is 2.34. The van der Waals surface area contributed by atoms with Crippen LogP contribution in [-0.4, -0.2) is 5.78 Å². The molecule has 0 aromatic heterocycles. The van der Waals surface area contributed by atoms with Gasteiger partial charge < -0.3 is 0 Å². The molecular weight excluding hydrogens is 208 g/mol. The van der Waals surface area contributed by atoms with E-state index in [4.69, 9.17) is 0 Å². The second-order valence-electron chi connectivity index (χ2n) is 5.02. The van der Waals surface area contributed by atoms with Crippen LogP contribution in [0.2, 0.25) is 0 Å². The van der Waals surface area contributed by atoms with E-state index in [1.165, 1.54) is 12.8 Å². The highest BCUT2D eigenvalue weighted by Gasteiger charge is 2.20. The first-order chi connectivity index (χ1) is 8.27. The van der Waals surface area contributed by atoms with Crippen LogP contribution in [0.4, 0.5) is 0 Å². The maximum atomic E-state index is 11.9. The summed E-state index contributed by atoms with van der Waals surface area (Å²) in [5.74, 6) is 1.00. The maximum Gasteiger partial charge on any atom is 0.158 e. The third-order valence-electron chi connectivity index (χ3n) is 3.47. The van der Waals surface area contributed by atoms with E-state index in [9.17, 15) is 4.79 Å². The second kappa shape index (κ2) is 8.27. The van der Waals surface area contributed by atoms with E-state index in [1.54, 1.807) is 0 Å². The van der Waals surface area contributed by atoms with Crippen LogP contribution in [0.1, 0.15) is 65.2 Å². The largest absolute Gasteiger partial charge is 0.295 e. The third kappa shape index (κ3) is 5.34. The zero-order chi connectivity index (χ0) is 12.5. The van der Waals surface area contributed by atoms with Crippen LogP contribution in [0, 0.1) is 5.92 Å². The van der Waals surface area contributed by atoms with E-state index in [0.29, 0.717) is 11.7 Å². The number of rotatable bonds is 7. The molecule has 1 aliphatic carbocycles. The molecular formula is C16H26O. The molecule has 0 aromatic rings. The van der Waals surface area contributed by atoms with Crippen molar-refractivity contribution in [3.63, 3.8) is 0 Å². The molecule has 0 radical (unpaired) electrons. The summed E-state index contributed by atoms with van der Waals surface area (Å²) in [6.07, 6.45) is 15.3. The van der Waals surface area contributed by atoms with Crippen molar-refractivity contribution in [3.8, 4) is 0 Å². The molecule has 0 saturated carbocycles. The summed E-state index contributed by atoms with van der Waals surface area (Å²) in [6.45, 7) is 4.33. The van der Waals surface area contributed by atoms with Crippen molar-refractivity contribution in [2.45, 2.75) is 65.2 Å².